The number of aromatic nitrogens is 1. The van der Waals surface area contributed by atoms with Crippen molar-refractivity contribution >= 4 is 10.9 Å². The van der Waals surface area contributed by atoms with E-state index in [2.05, 4.69) is 63.9 Å². The molecule has 0 aliphatic rings. The lowest BCUT2D eigenvalue weighted by molar-refractivity contribution is 0.589. The molecule has 0 N–H and O–H groups in total. The molecule has 1 heteroatoms. The van der Waals surface area contributed by atoms with Crippen LogP contribution in [0.3, 0.4) is 0 Å². The molecule has 1 aromatic heterocycles. The minimum Gasteiger partial charge on any atom is -0.256 e. The molecule has 0 aliphatic heterocycles. The summed E-state index contributed by atoms with van der Waals surface area (Å²) >= 11 is 0. The average molecular weight is 227 g/mol. The lowest BCUT2D eigenvalue weighted by Crippen LogP contribution is -2.11. The zero-order valence-corrected chi connectivity index (χ0v) is 11.4. The normalized spacial score (nSPS) is 12.4. The highest BCUT2D eigenvalue weighted by Gasteiger charge is 2.14. The molecule has 17 heavy (non-hydrogen) atoms. The molecule has 1 aromatic carbocycles. The third-order valence-electron chi connectivity index (χ3n) is 3.24. The van der Waals surface area contributed by atoms with Gasteiger partial charge in [0.1, 0.15) is 0 Å². The summed E-state index contributed by atoms with van der Waals surface area (Å²) in [5.41, 5.74) is 3.92. The zero-order chi connectivity index (χ0) is 12.6. The maximum atomic E-state index is 4.55. The Hall–Kier alpha value is -1.37. The minimum atomic E-state index is 0.162. The molecule has 1 heterocycles. The molecule has 0 saturated heterocycles. The molecule has 1 nitrogen and oxygen atoms in total. The fourth-order valence-electron chi connectivity index (χ4n) is 1.92. The van der Waals surface area contributed by atoms with Crippen molar-refractivity contribution in [2.24, 2.45) is 0 Å². The summed E-state index contributed by atoms with van der Waals surface area (Å²) in [5.74, 6) is 0.567. The number of pyridine rings is 1. The number of fused-ring (bicyclic) bond motifs is 1. The first-order valence-corrected chi connectivity index (χ1v) is 6.28. The molecule has 0 atom stereocenters. The van der Waals surface area contributed by atoms with E-state index in [4.69, 9.17) is 0 Å². The summed E-state index contributed by atoms with van der Waals surface area (Å²) in [5, 5.41) is 1.25. The molecule has 0 spiro atoms. The fourth-order valence-corrected chi connectivity index (χ4v) is 1.92. The largest absolute Gasteiger partial charge is 0.256 e. The summed E-state index contributed by atoms with van der Waals surface area (Å²) in [6.45, 7) is 11.1. The lowest BCUT2D eigenvalue weighted by atomic mass is 9.87. The smallest absolute Gasteiger partial charge is 0.0702 e. The van der Waals surface area contributed by atoms with Crippen LogP contribution in [0.4, 0.5) is 0 Å². The fraction of sp³-hybridized carbons (Fsp3) is 0.438. The number of hydrogen-bond acceptors (Lipinski definition) is 1. The van der Waals surface area contributed by atoms with Crippen molar-refractivity contribution in [3.05, 3.63) is 41.6 Å². The van der Waals surface area contributed by atoms with E-state index in [-0.39, 0.29) is 5.41 Å². The van der Waals surface area contributed by atoms with Crippen LogP contribution in [0.2, 0.25) is 0 Å². The predicted octanol–water partition coefficient (Wildman–Crippen LogP) is 4.66. The Bertz CT molecular complexity index is 533. The molecule has 0 aliphatic carbocycles. The third-order valence-corrected chi connectivity index (χ3v) is 3.24. The Morgan fingerprint density at radius 2 is 1.76 bits per heavy atom. The SMILES string of the molecule is CC(C)c1ccc2ncc(C(C)(C)C)cc2c1. The van der Waals surface area contributed by atoms with Crippen molar-refractivity contribution in [3.8, 4) is 0 Å². The minimum absolute atomic E-state index is 0.162. The zero-order valence-electron chi connectivity index (χ0n) is 11.4. The van der Waals surface area contributed by atoms with Crippen LogP contribution in [0.1, 0.15) is 51.7 Å². The van der Waals surface area contributed by atoms with Crippen molar-refractivity contribution in [3.63, 3.8) is 0 Å². The Morgan fingerprint density at radius 3 is 2.35 bits per heavy atom. The van der Waals surface area contributed by atoms with Gasteiger partial charge in [0.05, 0.1) is 5.52 Å². The average Bonchev–Trinajstić information content (AvgIpc) is 2.26. The maximum Gasteiger partial charge on any atom is 0.0702 e. The van der Waals surface area contributed by atoms with Gasteiger partial charge >= 0.3 is 0 Å². The van der Waals surface area contributed by atoms with E-state index in [0.717, 1.165) is 5.52 Å². The van der Waals surface area contributed by atoms with Gasteiger partial charge in [0.2, 0.25) is 0 Å². The summed E-state index contributed by atoms with van der Waals surface area (Å²) in [7, 11) is 0. The summed E-state index contributed by atoms with van der Waals surface area (Å²) in [6, 6.07) is 8.84. The van der Waals surface area contributed by atoms with Crippen molar-refractivity contribution in [2.75, 3.05) is 0 Å². The summed E-state index contributed by atoms with van der Waals surface area (Å²) in [6.07, 6.45) is 2.00. The molecule has 0 unspecified atom stereocenters. The second-order valence-corrected chi connectivity index (χ2v) is 6.08. The van der Waals surface area contributed by atoms with Crippen LogP contribution in [-0.2, 0) is 5.41 Å². The Labute approximate surface area is 104 Å². The molecule has 0 fully saturated rings. The lowest BCUT2D eigenvalue weighted by Gasteiger charge is -2.19. The molecule has 2 rings (SSSR count). The van der Waals surface area contributed by atoms with E-state index in [0.29, 0.717) is 5.92 Å². The van der Waals surface area contributed by atoms with Gasteiger partial charge in [-0.2, -0.15) is 0 Å². The second kappa shape index (κ2) is 4.14. The van der Waals surface area contributed by atoms with Crippen LogP contribution in [0.25, 0.3) is 10.9 Å². The van der Waals surface area contributed by atoms with Gasteiger partial charge in [0, 0.05) is 11.6 Å². The molecular formula is C16H21N. The van der Waals surface area contributed by atoms with E-state index >= 15 is 0 Å². The number of hydrogen-bond donors (Lipinski definition) is 0. The van der Waals surface area contributed by atoms with Crippen LogP contribution in [0, 0.1) is 0 Å². The highest BCUT2D eigenvalue weighted by molar-refractivity contribution is 5.80. The van der Waals surface area contributed by atoms with E-state index in [1.807, 2.05) is 6.20 Å². The van der Waals surface area contributed by atoms with Crippen molar-refractivity contribution in [2.45, 2.75) is 46.0 Å². The Kier molecular flexibility index (Phi) is 2.94. The molecule has 90 valence electrons. The first-order valence-electron chi connectivity index (χ1n) is 6.28. The van der Waals surface area contributed by atoms with Crippen LogP contribution in [0.5, 0.6) is 0 Å². The van der Waals surface area contributed by atoms with Crippen LogP contribution < -0.4 is 0 Å². The third kappa shape index (κ3) is 2.49. The standard InChI is InChI=1S/C16H21N/c1-11(2)12-6-7-15-13(8-12)9-14(10-17-15)16(3,4)5/h6-11H,1-5H3. The van der Waals surface area contributed by atoms with Crippen LogP contribution >= 0.6 is 0 Å². The second-order valence-electron chi connectivity index (χ2n) is 6.08. The van der Waals surface area contributed by atoms with Gasteiger partial charge in [-0.3, -0.25) is 4.98 Å². The van der Waals surface area contributed by atoms with Gasteiger partial charge in [-0.1, -0.05) is 40.7 Å². The van der Waals surface area contributed by atoms with E-state index in [1.54, 1.807) is 0 Å². The van der Waals surface area contributed by atoms with Crippen molar-refractivity contribution in [1.82, 2.24) is 4.98 Å². The molecule has 0 bridgehead atoms. The van der Waals surface area contributed by atoms with E-state index < -0.39 is 0 Å². The van der Waals surface area contributed by atoms with Gasteiger partial charge in [0.15, 0.2) is 0 Å². The van der Waals surface area contributed by atoms with E-state index in [1.165, 1.54) is 16.5 Å². The Balaban J connectivity index is 2.59. The van der Waals surface area contributed by atoms with Crippen LogP contribution in [-0.4, -0.2) is 4.98 Å². The summed E-state index contributed by atoms with van der Waals surface area (Å²) < 4.78 is 0. The first-order chi connectivity index (χ1) is 7.88. The van der Waals surface area contributed by atoms with E-state index in [9.17, 15) is 0 Å². The molecule has 0 saturated carbocycles. The van der Waals surface area contributed by atoms with Gasteiger partial charge < -0.3 is 0 Å². The number of benzene rings is 1. The van der Waals surface area contributed by atoms with Crippen LogP contribution in [0.15, 0.2) is 30.5 Å². The maximum absolute atomic E-state index is 4.55. The first kappa shape index (κ1) is 12.1. The molecular weight excluding hydrogens is 206 g/mol. The Morgan fingerprint density at radius 1 is 1.06 bits per heavy atom. The summed E-state index contributed by atoms with van der Waals surface area (Å²) in [4.78, 5) is 4.55. The molecule has 0 amide bonds. The van der Waals surface area contributed by atoms with Crippen molar-refractivity contribution < 1.29 is 0 Å². The highest BCUT2D eigenvalue weighted by Crippen LogP contribution is 2.26. The van der Waals surface area contributed by atoms with Crippen molar-refractivity contribution in [1.29, 1.82) is 0 Å². The topological polar surface area (TPSA) is 12.9 Å². The quantitative estimate of drug-likeness (QED) is 0.690. The monoisotopic (exact) mass is 227 g/mol. The van der Waals surface area contributed by atoms with Gasteiger partial charge in [-0.15, -0.1) is 0 Å². The van der Waals surface area contributed by atoms with Gasteiger partial charge in [-0.05, 0) is 40.7 Å². The highest BCUT2D eigenvalue weighted by atomic mass is 14.7. The van der Waals surface area contributed by atoms with Gasteiger partial charge in [-0.25, -0.2) is 0 Å². The molecule has 0 radical (unpaired) electrons. The van der Waals surface area contributed by atoms with Gasteiger partial charge in [0.25, 0.3) is 0 Å². The molecule has 2 aromatic rings. The predicted molar refractivity (Wildman–Crippen MR) is 74.5 cm³/mol. The number of nitrogens with zero attached hydrogens (tertiary/aromatic N) is 1. The number of rotatable bonds is 1.